The van der Waals surface area contributed by atoms with Crippen LogP contribution in [0, 0.1) is 17.8 Å². The van der Waals surface area contributed by atoms with Gasteiger partial charge in [0, 0.05) is 45.2 Å². The van der Waals surface area contributed by atoms with E-state index in [1.807, 2.05) is 6.29 Å². The summed E-state index contributed by atoms with van der Waals surface area (Å²) in [5.41, 5.74) is 0. The fraction of sp³-hybridized carbons (Fsp3) is 0.929. The molecule has 0 spiro atoms. The Bertz CT molecular complexity index is 233. The Morgan fingerprint density at radius 2 is 1.83 bits per heavy atom. The van der Waals surface area contributed by atoms with Gasteiger partial charge in [-0.1, -0.05) is 34.1 Å². The van der Waals surface area contributed by atoms with Crippen LogP contribution in [0.3, 0.4) is 0 Å². The molecule has 0 saturated carbocycles. The van der Waals surface area contributed by atoms with E-state index in [0.717, 1.165) is 12.8 Å². The zero-order valence-corrected chi connectivity index (χ0v) is 14.9. The Morgan fingerprint density at radius 1 is 1.17 bits per heavy atom. The van der Waals surface area contributed by atoms with Crippen molar-refractivity contribution in [3.05, 3.63) is 0 Å². The summed E-state index contributed by atoms with van der Waals surface area (Å²) in [4.78, 5) is 10.1. The standard InChI is InChI=1S/C14H25O3.Y/c1-5-13-11(3)10(2)12(4)14(17-13)16-9-7-6-8-15;/h10-14H,5-7,9H2,1-4H3;/q-1;/t10-,11?,12?,13?,14+;/m0./s1. The minimum Gasteiger partial charge on any atom is -0.542 e. The van der Waals surface area contributed by atoms with E-state index in [1.165, 1.54) is 0 Å². The predicted octanol–water partition coefficient (Wildman–Crippen LogP) is 2.93. The number of ether oxygens (including phenoxy) is 2. The first-order chi connectivity index (χ1) is 8.11. The van der Waals surface area contributed by atoms with Gasteiger partial charge in [0.2, 0.25) is 0 Å². The van der Waals surface area contributed by atoms with Crippen LogP contribution in [0.4, 0.5) is 0 Å². The summed E-state index contributed by atoms with van der Waals surface area (Å²) in [5.74, 6) is 1.60. The van der Waals surface area contributed by atoms with E-state index in [-0.39, 0.29) is 39.0 Å². The molecular formula is C14H25O3Y-. The van der Waals surface area contributed by atoms with Crippen molar-refractivity contribution in [2.24, 2.45) is 17.8 Å². The van der Waals surface area contributed by atoms with E-state index in [9.17, 15) is 4.79 Å². The Balaban J connectivity index is 0.00000289. The molecule has 103 valence electrons. The van der Waals surface area contributed by atoms with Crippen molar-refractivity contribution < 1.29 is 47.0 Å². The second-order valence-electron chi connectivity index (χ2n) is 5.15. The summed E-state index contributed by atoms with van der Waals surface area (Å²) in [7, 11) is 0. The third-order valence-electron chi connectivity index (χ3n) is 4.09. The monoisotopic (exact) mass is 330 g/mol. The molecule has 3 nitrogen and oxygen atoms in total. The van der Waals surface area contributed by atoms with Gasteiger partial charge in [0.15, 0.2) is 6.29 Å². The zero-order valence-electron chi connectivity index (χ0n) is 12.0. The minimum absolute atomic E-state index is 0. The van der Waals surface area contributed by atoms with E-state index >= 15 is 0 Å². The van der Waals surface area contributed by atoms with Crippen LogP contribution >= 0.6 is 0 Å². The molecule has 0 aromatic heterocycles. The fourth-order valence-electron chi connectivity index (χ4n) is 2.49. The minimum atomic E-state index is -0.113. The van der Waals surface area contributed by atoms with E-state index in [2.05, 4.69) is 27.7 Å². The quantitative estimate of drug-likeness (QED) is 0.555. The molecule has 5 atom stereocenters. The maximum absolute atomic E-state index is 10.1. The molecule has 1 heterocycles. The third-order valence-corrected chi connectivity index (χ3v) is 4.09. The van der Waals surface area contributed by atoms with Crippen molar-refractivity contribution in [1.82, 2.24) is 0 Å². The van der Waals surface area contributed by atoms with Crippen LogP contribution < -0.4 is 0 Å². The van der Waals surface area contributed by atoms with Crippen molar-refractivity contribution in [3.8, 4) is 0 Å². The first-order valence-electron chi connectivity index (χ1n) is 6.73. The molecule has 0 N–H and O–H groups in total. The van der Waals surface area contributed by atoms with Crippen molar-refractivity contribution in [2.45, 2.75) is 59.4 Å². The summed E-state index contributed by atoms with van der Waals surface area (Å²) < 4.78 is 11.7. The van der Waals surface area contributed by atoms with Gasteiger partial charge in [-0.25, -0.2) is 0 Å². The maximum Gasteiger partial charge on any atom is 0.160 e. The van der Waals surface area contributed by atoms with Crippen molar-refractivity contribution >= 4 is 6.29 Å². The van der Waals surface area contributed by atoms with Gasteiger partial charge in [0.25, 0.3) is 0 Å². The SMILES string of the molecule is CCC1O[C@@H](OCCC[C-]=O)C(C)[C@@H](C)C1C.[Y]. The van der Waals surface area contributed by atoms with Gasteiger partial charge in [-0.3, -0.25) is 6.29 Å². The normalized spacial score (nSPS) is 35.9. The Labute approximate surface area is 136 Å². The zero-order chi connectivity index (χ0) is 12.8. The number of hydrogen-bond acceptors (Lipinski definition) is 3. The summed E-state index contributed by atoms with van der Waals surface area (Å²) in [6, 6.07) is 0. The summed E-state index contributed by atoms with van der Waals surface area (Å²) in [6.07, 6.45) is 4.27. The molecule has 1 fully saturated rings. The van der Waals surface area contributed by atoms with Gasteiger partial charge in [-0.2, -0.15) is 6.42 Å². The number of rotatable bonds is 6. The van der Waals surface area contributed by atoms with Crippen LogP contribution in [-0.2, 0) is 47.0 Å². The van der Waals surface area contributed by atoms with Gasteiger partial charge >= 0.3 is 0 Å². The molecule has 1 radical (unpaired) electrons. The molecule has 1 aliphatic rings. The molecule has 0 aromatic carbocycles. The first kappa shape index (κ1) is 18.7. The van der Waals surface area contributed by atoms with E-state index < -0.39 is 0 Å². The Morgan fingerprint density at radius 3 is 2.39 bits per heavy atom. The van der Waals surface area contributed by atoms with Crippen LogP contribution in [0.1, 0.15) is 47.0 Å². The molecule has 1 aliphatic heterocycles. The maximum atomic E-state index is 10.1. The van der Waals surface area contributed by atoms with E-state index in [0.29, 0.717) is 36.9 Å². The molecular weight excluding hydrogens is 305 g/mol. The van der Waals surface area contributed by atoms with Gasteiger partial charge in [-0.05, 0) is 18.3 Å². The average molecular weight is 330 g/mol. The van der Waals surface area contributed by atoms with Crippen LogP contribution in [0.25, 0.3) is 0 Å². The number of carbonyl (C=O) groups excluding carboxylic acids is 1. The molecule has 0 aliphatic carbocycles. The number of hydrogen-bond donors (Lipinski definition) is 0. The van der Waals surface area contributed by atoms with Gasteiger partial charge in [0.05, 0.1) is 6.10 Å². The predicted molar refractivity (Wildman–Crippen MR) is 67.3 cm³/mol. The van der Waals surface area contributed by atoms with Gasteiger partial charge in [-0.15, -0.1) is 0 Å². The molecule has 1 rings (SSSR count). The van der Waals surface area contributed by atoms with E-state index in [4.69, 9.17) is 9.47 Å². The summed E-state index contributed by atoms with van der Waals surface area (Å²) >= 11 is 0. The Kier molecular flexibility index (Phi) is 9.94. The van der Waals surface area contributed by atoms with Gasteiger partial charge in [0.1, 0.15) is 0 Å². The van der Waals surface area contributed by atoms with Crippen LogP contribution in [0.2, 0.25) is 0 Å². The molecule has 4 heteroatoms. The molecule has 0 aromatic rings. The second-order valence-corrected chi connectivity index (χ2v) is 5.15. The summed E-state index contributed by atoms with van der Waals surface area (Å²) in [6.45, 7) is 9.45. The van der Waals surface area contributed by atoms with Gasteiger partial charge < -0.3 is 14.3 Å². The molecule has 0 bridgehead atoms. The smallest absolute Gasteiger partial charge is 0.160 e. The average Bonchev–Trinajstić information content (AvgIpc) is 2.34. The molecule has 3 unspecified atom stereocenters. The largest absolute Gasteiger partial charge is 0.542 e. The van der Waals surface area contributed by atoms with Crippen molar-refractivity contribution in [3.63, 3.8) is 0 Å². The molecule has 18 heavy (non-hydrogen) atoms. The number of unbranched alkanes of at least 4 members (excludes halogenated alkanes) is 1. The second kappa shape index (κ2) is 9.57. The van der Waals surface area contributed by atoms with Crippen LogP contribution in [0.5, 0.6) is 0 Å². The topological polar surface area (TPSA) is 35.5 Å². The summed E-state index contributed by atoms with van der Waals surface area (Å²) in [5, 5.41) is 0. The van der Waals surface area contributed by atoms with E-state index in [1.54, 1.807) is 0 Å². The first-order valence-corrected chi connectivity index (χ1v) is 6.73. The van der Waals surface area contributed by atoms with Crippen LogP contribution in [-0.4, -0.2) is 25.3 Å². The molecule has 0 amide bonds. The van der Waals surface area contributed by atoms with Crippen molar-refractivity contribution in [2.75, 3.05) is 6.61 Å². The fourth-order valence-corrected chi connectivity index (χ4v) is 2.49. The van der Waals surface area contributed by atoms with Crippen LogP contribution in [0.15, 0.2) is 0 Å². The van der Waals surface area contributed by atoms with Crippen molar-refractivity contribution in [1.29, 1.82) is 0 Å². The Hall–Kier alpha value is 0.694. The third kappa shape index (κ3) is 4.99. The molecule has 1 saturated heterocycles.